The molecule has 0 aliphatic heterocycles. The van der Waals surface area contributed by atoms with Crippen LogP contribution in [0.25, 0.3) is 0 Å². The number of hydrogen-bond acceptors (Lipinski definition) is 2. The zero-order valence-electron chi connectivity index (χ0n) is 6.12. The number of rotatable bonds is 1. The molecule has 1 unspecified atom stereocenters. The van der Waals surface area contributed by atoms with E-state index in [1.807, 2.05) is 0 Å². The lowest BCUT2D eigenvalue weighted by atomic mass is 9.96. The number of halogens is 1. The molecule has 11 heavy (non-hydrogen) atoms. The largest absolute Gasteiger partial charge is 0.478 e. The first kappa shape index (κ1) is 10.5. The first-order valence-corrected chi connectivity index (χ1v) is 3.39. The van der Waals surface area contributed by atoms with Crippen molar-refractivity contribution in [3.05, 3.63) is 11.6 Å². The summed E-state index contributed by atoms with van der Waals surface area (Å²) in [4.78, 5) is 10.4. The molecular weight excluding hydrogens is 166 g/mol. The summed E-state index contributed by atoms with van der Waals surface area (Å²) in [5, 5.41) is 8.53. The number of carbonyl (C=O) groups is 1. The fraction of sp³-hybridized carbons (Fsp3) is 0.571. The van der Waals surface area contributed by atoms with Crippen LogP contribution in [0, 0.1) is 0 Å². The van der Waals surface area contributed by atoms with Crippen LogP contribution in [0.1, 0.15) is 19.3 Å². The summed E-state index contributed by atoms with van der Waals surface area (Å²) in [7, 11) is 0. The molecule has 0 aromatic rings. The second kappa shape index (κ2) is 4.36. The van der Waals surface area contributed by atoms with Crippen molar-refractivity contribution in [3.63, 3.8) is 0 Å². The van der Waals surface area contributed by atoms with Crippen LogP contribution in [-0.4, -0.2) is 17.1 Å². The Hall–Kier alpha value is -0.540. The van der Waals surface area contributed by atoms with Gasteiger partial charge in [0.15, 0.2) is 0 Å². The van der Waals surface area contributed by atoms with E-state index >= 15 is 0 Å². The van der Waals surface area contributed by atoms with E-state index in [0.717, 1.165) is 12.8 Å². The van der Waals surface area contributed by atoms with Crippen LogP contribution in [0.2, 0.25) is 0 Å². The van der Waals surface area contributed by atoms with E-state index < -0.39 is 5.97 Å². The summed E-state index contributed by atoms with van der Waals surface area (Å²) >= 11 is 0. The van der Waals surface area contributed by atoms with Gasteiger partial charge in [-0.2, -0.15) is 0 Å². The van der Waals surface area contributed by atoms with Crippen molar-refractivity contribution in [2.75, 3.05) is 0 Å². The Labute approximate surface area is 71.7 Å². The third-order valence-electron chi connectivity index (χ3n) is 1.67. The van der Waals surface area contributed by atoms with Crippen molar-refractivity contribution in [1.29, 1.82) is 0 Å². The van der Waals surface area contributed by atoms with Crippen LogP contribution in [-0.2, 0) is 4.79 Å². The number of hydrogen-bond donors (Lipinski definition) is 2. The maximum Gasteiger partial charge on any atom is 0.331 e. The fourth-order valence-corrected chi connectivity index (χ4v) is 1.13. The average Bonchev–Trinajstić information content (AvgIpc) is 1.88. The molecule has 0 saturated heterocycles. The molecule has 0 bridgehead atoms. The van der Waals surface area contributed by atoms with Gasteiger partial charge in [-0.1, -0.05) is 6.08 Å². The SMILES string of the molecule is Cl.NC1C=C(C(=O)O)CCC1. The van der Waals surface area contributed by atoms with Gasteiger partial charge in [0, 0.05) is 11.6 Å². The molecule has 3 N–H and O–H groups in total. The maximum absolute atomic E-state index is 10.4. The van der Waals surface area contributed by atoms with Gasteiger partial charge in [-0.15, -0.1) is 12.4 Å². The molecule has 4 heteroatoms. The van der Waals surface area contributed by atoms with Crippen LogP contribution in [0.4, 0.5) is 0 Å². The summed E-state index contributed by atoms with van der Waals surface area (Å²) < 4.78 is 0. The van der Waals surface area contributed by atoms with E-state index in [9.17, 15) is 4.79 Å². The average molecular weight is 178 g/mol. The van der Waals surface area contributed by atoms with E-state index in [1.165, 1.54) is 0 Å². The first-order valence-electron chi connectivity index (χ1n) is 3.39. The van der Waals surface area contributed by atoms with Gasteiger partial charge in [0.1, 0.15) is 0 Å². The predicted octanol–water partition coefficient (Wildman–Crippen LogP) is 0.930. The standard InChI is InChI=1S/C7H11NO2.ClH/c8-6-3-1-2-5(4-6)7(9)10;/h4,6H,1-3,8H2,(H,9,10);1H. The third-order valence-corrected chi connectivity index (χ3v) is 1.67. The summed E-state index contributed by atoms with van der Waals surface area (Å²) in [5.74, 6) is -0.824. The quantitative estimate of drug-likeness (QED) is 0.627. The summed E-state index contributed by atoms with van der Waals surface area (Å²) in [6, 6.07) is -0.0418. The highest BCUT2D eigenvalue weighted by Crippen LogP contribution is 2.16. The van der Waals surface area contributed by atoms with Crippen LogP contribution in [0.15, 0.2) is 11.6 Å². The maximum atomic E-state index is 10.4. The van der Waals surface area contributed by atoms with E-state index in [-0.39, 0.29) is 18.4 Å². The van der Waals surface area contributed by atoms with Crippen molar-refractivity contribution in [3.8, 4) is 0 Å². The zero-order chi connectivity index (χ0) is 7.56. The van der Waals surface area contributed by atoms with Crippen LogP contribution in [0.5, 0.6) is 0 Å². The molecule has 0 saturated carbocycles. The highest BCUT2D eigenvalue weighted by atomic mass is 35.5. The Morgan fingerprint density at radius 3 is 2.73 bits per heavy atom. The second-order valence-corrected chi connectivity index (χ2v) is 2.55. The molecule has 3 nitrogen and oxygen atoms in total. The van der Waals surface area contributed by atoms with Gasteiger partial charge in [0.2, 0.25) is 0 Å². The molecule has 0 aromatic heterocycles. The van der Waals surface area contributed by atoms with E-state index in [2.05, 4.69) is 0 Å². The molecule has 0 amide bonds. The monoisotopic (exact) mass is 177 g/mol. The van der Waals surface area contributed by atoms with Crippen LogP contribution < -0.4 is 5.73 Å². The first-order chi connectivity index (χ1) is 4.70. The van der Waals surface area contributed by atoms with Gasteiger partial charge in [0.25, 0.3) is 0 Å². The Kier molecular flexibility index (Phi) is 4.15. The van der Waals surface area contributed by atoms with E-state index in [4.69, 9.17) is 10.8 Å². The minimum atomic E-state index is -0.824. The molecule has 1 atom stereocenters. The second-order valence-electron chi connectivity index (χ2n) is 2.55. The smallest absolute Gasteiger partial charge is 0.331 e. The lowest BCUT2D eigenvalue weighted by Gasteiger charge is -2.14. The molecule has 0 spiro atoms. The highest BCUT2D eigenvalue weighted by Gasteiger charge is 2.14. The Morgan fingerprint density at radius 2 is 2.36 bits per heavy atom. The lowest BCUT2D eigenvalue weighted by molar-refractivity contribution is -0.132. The van der Waals surface area contributed by atoms with Crippen molar-refractivity contribution in [2.45, 2.75) is 25.3 Å². The number of carboxylic acids is 1. The van der Waals surface area contributed by atoms with Gasteiger partial charge < -0.3 is 10.8 Å². The van der Waals surface area contributed by atoms with Gasteiger partial charge in [0.05, 0.1) is 0 Å². The Morgan fingerprint density at radius 1 is 1.73 bits per heavy atom. The highest BCUT2D eigenvalue weighted by molar-refractivity contribution is 5.86. The topological polar surface area (TPSA) is 63.3 Å². The van der Waals surface area contributed by atoms with Crippen molar-refractivity contribution in [2.24, 2.45) is 5.73 Å². The molecule has 1 aliphatic carbocycles. The molecule has 0 fully saturated rings. The van der Waals surface area contributed by atoms with E-state index in [0.29, 0.717) is 12.0 Å². The number of nitrogens with two attached hydrogens (primary N) is 1. The molecule has 1 aliphatic rings. The summed E-state index contributed by atoms with van der Waals surface area (Å²) in [6.45, 7) is 0. The molecule has 0 radical (unpaired) electrons. The number of aliphatic carboxylic acids is 1. The van der Waals surface area contributed by atoms with Gasteiger partial charge in [-0.25, -0.2) is 4.79 Å². The van der Waals surface area contributed by atoms with Gasteiger partial charge in [-0.3, -0.25) is 0 Å². The molecular formula is C7H12ClNO2. The lowest BCUT2D eigenvalue weighted by Crippen LogP contribution is -2.22. The van der Waals surface area contributed by atoms with Crippen molar-refractivity contribution < 1.29 is 9.90 Å². The van der Waals surface area contributed by atoms with Crippen LogP contribution in [0.3, 0.4) is 0 Å². The number of carboxylic acid groups (broad SMARTS) is 1. The van der Waals surface area contributed by atoms with Gasteiger partial charge >= 0.3 is 5.97 Å². The molecule has 0 heterocycles. The van der Waals surface area contributed by atoms with Crippen LogP contribution >= 0.6 is 12.4 Å². The molecule has 1 rings (SSSR count). The van der Waals surface area contributed by atoms with Crippen molar-refractivity contribution in [1.82, 2.24) is 0 Å². The zero-order valence-corrected chi connectivity index (χ0v) is 6.93. The van der Waals surface area contributed by atoms with E-state index in [1.54, 1.807) is 6.08 Å². The molecule has 64 valence electrons. The Bertz CT molecular complexity index is 179. The minimum absolute atomic E-state index is 0. The fourth-order valence-electron chi connectivity index (χ4n) is 1.13. The predicted molar refractivity (Wildman–Crippen MR) is 44.8 cm³/mol. The third kappa shape index (κ3) is 2.91. The normalized spacial score (nSPS) is 23.4. The molecule has 0 aromatic carbocycles. The van der Waals surface area contributed by atoms with Crippen molar-refractivity contribution >= 4 is 18.4 Å². The minimum Gasteiger partial charge on any atom is -0.478 e. The van der Waals surface area contributed by atoms with Gasteiger partial charge in [-0.05, 0) is 19.3 Å². The summed E-state index contributed by atoms with van der Waals surface area (Å²) in [6.07, 6.45) is 4.13. The Balaban J connectivity index is 0.000001000. The summed E-state index contributed by atoms with van der Waals surface area (Å²) in [5.41, 5.74) is 5.99.